The zero-order chi connectivity index (χ0) is 13.1. The molecule has 0 unspecified atom stereocenters. The number of halogens is 3. The van der Waals surface area contributed by atoms with Crippen LogP contribution in [-0.4, -0.2) is 43.5 Å². The fourth-order valence-corrected chi connectivity index (χ4v) is 3.14. The van der Waals surface area contributed by atoms with Crippen LogP contribution in [0.5, 0.6) is 0 Å². The number of sulfonamides is 1. The van der Waals surface area contributed by atoms with Gasteiger partial charge >= 0.3 is 6.18 Å². The van der Waals surface area contributed by atoms with Crippen molar-refractivity contribution in [3.63, 3.8) is 0 Å². The molecule has 1 rings (SSSR count). The van der Waals surface area contributed by atoms with Gasteiger partial charge in [0.15, 0.2) is 0 Å². The highest BCUT2D eigenvalue weighted by atomic mass is 32.2. The summed E-state index contributed by atoms with van der Waals surface area (Å²) in [5.74, 6) is -0.740. The highest BCUT2D eigenvalue weighted by Gasteiger charge is 2.30. The van der Waals surface area contributed by atoms with Crippen LogP contribution in [0.3, 0.4) is 0 Å². The first kappa shape index (κ1) is 14.4. The average Bonchev–Trinajstić information content (AvgIpc) is 2.15. The van der Waals surface area contributed by atoms with Crippen molar-refractivity contribution >= 4 is 15.8 Å². The molecule has 4 nitrogen and oxygen atoms in total. The zero-order valence-corrected chi connectivity index (χ0v) is 9.98. The van der Waals surface area contributed by atoms with Gasteiger partial charge in [0.1, 0.15) is 5.78 Å². The number of ketones is 1. The van der Waals surface area contributed by atoms with Gasteiger partial charge in [-0.1, -0.05) is 0 Å². The van der Waals surface area contributed by atoms with E-state index in [0.29, 0.717) is 12.8 Å². The number of Topliss-reactive ketones (excluding diaryl/α,β-unsaturated/α-hetero) is 1. The summed E-state index contributed by atoms with van der Waals surface area (Å²) in [5, 5.41) is 0. The Morgan fingerprint density at radius 3 is 2.47 bits per heavy atom. The van der Waals surface area contributed by atoms with Gasteiger partial charge in [0.2, 0.25) is 10.0 Å². The standard InChI is InChI=1S/C9H14F3NO3S/c10-9(11,12)4-2-6-17(15,16)13-5-1-3-8(14)7-13/h1-7H2. The summed E-state index contributed by atoms with van der Waals surface area (Å²) in [6, 6.07) is 0. The molecule has 1 fully saturated rings. The molecule has 100 valence electrons. The van der Waals surface area contributed by atoms with E-state index in [2.05, 4.69) is 0 Å². The minimum absolute atomic E-state index is 0.185. The second-order valence-corrected chi connectivity index (χ2v) is 6.10. The van der Waals surface area contributed by atoms with Gasteiger partial charge in [-0.2, -0.15) is 17.5 Å². The van der Waals surface area contributed by atoms with Crippen LogP contribution in [0, 0.1) is 0 Å². The lowest BCUT2D eigenvalue weighted by molar-refractivity contribution is -0.134. The van der Waals surface area contributed by atoms with Crippen LogP contribution in [0.4, 0.5) is 13.2 Å². The molecule has 0 N–H and O–H groups in total. The third-order valence-corrected chi connectivity index (χ3v) is 4.37. The molecule has 0 radical (unpaired) electrons. The Balaban J connectivity index is 2.48. The molecule has 0 aromatic carbocycles. The van der Waals surface area contributed by atoms with Gasteiger partial charge in [-0.3, -0.25) is 4.79 Å². The van der Waals surface area contributed by atoms with Gasteiger partial charge in [0.05, 0.1) is 12.3 Å². The van der Waals surface area contributed by atoms with Gasteiger partial charge in [-0.05, 0) is 12.8 Å². The van der Waals surface area contributed by atoms with Gasteiger partial charge in [-0.25, -0.2) is 8.42 Å². The zero-order valence-electron chi connectivity index (χ0n) is 9.16. The van der Waals surface area contributed by atoms with E-state index in [1.807, 2.05) is 0 Å². The van der Waals surface area contributed by atoms with Crippen LogP contribution < -0.4 is 0 Å². The topological polar surface area (TPSA) is 54.5 Å². The number of nitrogens with zero attached hydrogens (tertiary/aromatic N) is 1. The first-order valence-corrected chi connectivity index (χ1v) is 6.88. The molecule has 0 aromatic rings. The Bertz CT molecular complexity index is 377. The van der Waals surface area contributed by atoms with E-state index in [4.69, 9.17) is 0 Å². The Morgan fingerprint density at radius 1 is 1.29 bits per heavy atom. The number of carbonyl (C=O) groups is 1. The minimum atomic E-state index is -4.34. The summed E-state index contributed by atoms with van der Waals surface area (Å²) in [5.41, 5.74) is 0. The number of piperidine rings is 1. The summed E-state index contributed by atoms with van der Waals surface area (Å²) in [4.78, 5) is 11.1. The Morgan fingerprint density at radius 2 is 1.94 bits per heavy atom. The molecule has 1 heterocycles. The summed E-state index contributed by atoms with van der Waals surface area (Å²) >= 11 is 0. The first-order valence-electron chi connectivity index (χ1n) is 5.27. The molecule has 8 heteroatoms. The van der Waals surface area contributed by atoms with E-state index in [1.54, 1.807) is 0 Å². The maximum absolute atomic E-state index is 11.9. The van der Waals surface area contributed by atoms with Gasteiger partial charge in [-0.15, -0.1) is 0 Å². The van der Waals surface area contributed by atoms with E-state index >= 15 is 0 Å². The largest absolute Gasteiger partial charge is 0.389 e. The van der Waals surface area contributed by atoms with E-state index in [1.165, 1.54) is 0 Å². The van der Waals surface area contributed by atoms with E-state index in [0.717, 1.165) is 4.31 Å². The maximum atomic E-state index is 11.9. The van der Waals surface area contributed by atoms with E-state index in [9.17, 15) is 26.4 Å². The summed E-state index contributed by atoms with van der Waals surface area (Å²) in [6.45, 7) is 0.0223. The molecule has 17 heavy (non-hydrogen) atoms. The molecule has 0 bridgehead atoms. The van der Waals surface area contributed by atoms with Crippen LogP contribution in [0.15, 0.2) is 0 Å². The number of hydrogen-bond acceptors (Lipinski definition) is 3. The van der Waals surface area contributed by atoms with Gasteiger partial charge in [0, 0.05) is 19.4 Å². The van der Waals surface area contributed by atoms with Crippen molar-refractivity contribution in [1.82, 2.24) is 4.31 Å². The molecule has 0 aromatic heterocycles. The third-order valence-electron chi connectivity index (χ3n) is 2.47. The Kier molecular flexibility index (Phi) is 4.54. The van der Waals surface area contributed by atoms with Gasteiger partial charge < -0.3 is 0 Å². The molecule has 0 saturated carbocycles. The molecule has 1 saturated heterocycles. The summed E-state index contributed by atoms with van der Waals surface area (Å²) < 4.78 is 59.8. The van der Waals surface area contributed by atoms with Crippen molar-refractivity contribution in [2.45, 2.75) is 31.9 Å². The highest BCUT2D eigenvalue weighted by Crippen LogP contribution is 2.22. The molecule has 0 atom stereocenters. The smallest absolute Gasteiger partial charge is 0.298 e. The molecule has 0 aliphatic carbocycles. The van der Waals surface area contributed by atoms with Crippen molar-refractivity contribution in [2.75, 3.05) is 18.8 Å². The van der Waals surface area contributed by atoms with Crippen LogP contribution in [0.2, 0.25) is 0 Å². The SMILES string of the molecule is O=C1CCCN(S(=O)(=O)CCCC(F)(F)F)C1. The fraction of sp³-hybridized carbons (Fsp3) is 0.889. The van der Waals surface area contributed by atoms with Gasteiger partial charge in [0.25, 0.3) is 0 Å². The predicted octanol–water partition coefficient (Wildman–Crippen LogP) is 1.32. The highest BCUT2D eigenvalue weighted by molar-refractivity contribution is 7.89. The van der Waals surface area contributed by atoms with E-state index in [-0.39, 0.29) is 18.9 Å². The minimum Gasteiger partial charge on any atom is -0.298 e. The maximum Gasteiger partial charge on any atom is 0.389 e. The normalized spacial score (nSPS) is 19.6. The van der Waals surface area contributed by atoms with Crippen LogP contribution in [0.1, 0.15) is 25.7 Å². The third kappa shape index (κ3) is 5.03. The fourth-order valence-electron chi connectivity index (χ4n) is 1.63. The summed E-state index contributed by atoms with van der Waals surface area (Å²) in [7, 11) is -3.73. The Hall–Kier alpha value is -0.630. The first-order chi connectivity index (χ1) is 7.71. The number of rotatable bonds is 4. The van der Waals surface area contributed by atoms with E-state index < -0.39 is 34.8 Å². The lowest BCUT2D eigenvalue weighted by Crippen LogP contribution is -2.41. The lowest BCUT2D eigenvalue weighted by atomic mass is 10.1. The number of hydrogen-bond donors (Lipinski definition) is 0. The second-order valence-electron chi connectivity index (χ2n) is 4.01. The predicted molar refractivity (Wildman–Crippen MR) is 54.9 cm³/mol. The van der Waals surface area contributed by atoms with Crippen LogP contribution in [-0.2, 0) is 14.8 Å². The number of alkyl halides is 3. The molecule has 0 amide bonds. The van der Waals surface area contributed by atoms with Crippen molar-refractivity contribution in [3.05, 3.63) is 0 Å². The molecule has 0 spiro atoms. The average molecular weight is 273 g/mol. The summed E-state index contributed by atoms with van der Waals surface area (Å²) in [6.07, 6.45) is -5.14. The second kappa shape index (κ2) is 5.34. The molecule has 1 aliphatic heterocycles. The number of carbonyl (C=O) groups excluding carboxylic acids is 1. The Labute approximate surface area is 97.8 Å². The van der Waals surface area contributed by atoms with Crippen molar-refractivity contribution < 1.29 is 26.4 Å². The lowest BCUT2D eigenvalue weighted by Gasteiger charge is -2.25. The molecule has 1 aliphatic rings. The monoisotopic (exact) mass is 273 g/mol. The quantitative estimate of drug-likeness (QED) is 0.776. The van der Waals surface area contributed by atoms with Crippen molar-refractivity contribution in [2.24, 2.45) is 0 Å². The van der Waals surface area contributed by atoms with Crippen LogP contribution in [0.25, 0.3) is 0 Å². The molecular weight excluding hydrogens is 259 g/mol. The molecular formula is C9H14F3NO3S. The van der Waals surface area contributed by atoms with Crippen molar-refractivity contribution in [1.29, 1.82) is 0 Å². The van der Waals surface area contributed by atoms with Crippen molar-refractivity contribution in [3.8, 4) is 0 Å². The van der Waals surface area contributed by atoms with Crippen LogP contribution >= 0.6 is 0 Å².